The molecule has 1 heterocycles. The molecule has 0 saturated carbocycles. The van der Waals surface area contributed by atoms with Gasteiger partial charge in [-0.15, -0.1) is 0 Å². The van der Waals surface area contributed by atoms with Crippen LogP contribution in [0.15, 0.2) is 66.7 Å². The number of hydrogen-bond donors (Lipinski definition) is 0. The third kappa shape index (κ3) is 4.65. The molecular formula is C26H30N2O2. The maximum atomic E-state index is 13.1. The molecule has 4 heteroatoms. The van der Waals surface area contributed by atoms with Crippen molar-refractivity contribution >= 4 is 16.7 Å². The lowest BCUT2D eigenvalue weighted by Crippen LogP contribution is -2.43. The van der Waals surface area contributed by atoms with Crippen molar-refractivity contribution in [3.63, 3.8) is 0 Å². The fraction of sp³-hybridized carbons (Fsp3) is 0.346. The summed E-state index contributed by atoms with van der Waals surface area (Å²) in [6.45, 7) is 3.40. The van der Waals surface area contributed by atoms with Crippen LogP contribution < -0.4 is 4.74 Å². The largest absolute Gasteiger partial charge is 0.497 e. The van der Waals surface area contributed by atoms with E-state index in [-0.39, 0.29) is 11.8 Å². The number of ether oxygens (including phenoxy) is 1. The molecule has 1 amide bonds. The van der Waals surface area contributed by atoms with Gasteiger partial charge in [0.25, 0.3) is 0 Å². The molecule has 4 nitrogen and oxygen atoms in total. The summed E-state index contributed by atoms with van der Waals surface area (Å²) in [5, 5.41) is 2.59. The second kappa shape index (κ2) is 9.31. The van der Waals surface area contributed by atoms with E-state index in [1.54, 1.807) is 7.11 Å². The zero-order valence-electron chi connectivity index (χ0n) is 17.9. The van der Waals surface area contributed by atoms with Gasteiger partial charge >= 0.3 is 0 Å². The summed E-state index contributed by atoms with van der Waals surface area (Å²) >= 11 is 0. The van der Waals surface area contributed by atoms with Crippen LogP contribution in [0.2, 0.25) is 0 Å². The molecule has 156 valence electrons. The fourth-order valence-electron chi connectivity index (χ4n) is 4.47. The second-order valence-electron chi connectivity index (χ2n) is 8.25. The topological polar surface area (TPSA) is 32.8 Å². The number of carbonyl (C=O) groups is 1. The lowest BCUT2D eigenvalue weighted by Gasteiger charge is -2.34. The highest BCUT2D eigenvalue weighted by Gasteiger charge is 2.28. The molecule has 4 rings (SSSR count). The molecule has 1 aliphatic rings. The highest BCUT2D eigenvalue weighted by molar-refractivity contribution is 5.85. The quantitative estimate of drug-likeness (QED) is 0.598. The van der Waals surface area contributed by atoms with Gasteiger partial charge in [0.1, 0.15) is 5.75 Å². The minimum atomic E-state index is 0.0666. The van der Waals surface area contributed by atoms with E-state index in [9.17, 15) is 4.79 Å². The molecule has 0 spiro atoms. The molecule has 1 unspecified atom stereocenters. The van der Waals surface area contributed by atoms with Gasteiger partial charge < -0.3 is 9.64 Å². The normalized spacial score (nSPS) is 17.1. The zero-order chi connectivity index (χ0) is 20.9. The van der Waals surface area contributed by atoms with Crippen molar-refractivity contribution in [3.05, 3.63) is 77.9 Å². The van der Waals surface area contributed by atoms with E-state index < -0.39 is 0 Å². The average molecular weight is 403 g/mol. The molecular weight excluding hydrogens is 372 g/mol. The Bertz CT molecular complexity index is 994. The number of piperidine rings is 1. The predicted octanol–water partition coefficient (Wildman–Crippen LogP) is 4.72. The Kier molecular flexibility index (Phi) is 6.34. The van der Waals surface area contributed by atoms with Gasteiger partial charge in [0.2, 0.25) is 5.91 Å². The van der Waals surface area contributed by atoms with Crippen molar-refractivity contribution < 1.29 is 9.53 Å². The molecule has 1 fully saturated rings. The van der Waals surface area contributed by atoms with E-state index in [0.717, 1.165) is 43.8 Å². The number of carbonyl (C=O) groups excluding carboxylic acids is 1. The number of likely N-dealkylation sites (tertiary alicyclic amines) is 1. The number of benzene rings is 3. The zero-order valence-corrected chi connectivity index (χ0v) is 17.9. The Morgan fingerprint density at radius 1 is 1.07 bits per heavy atom. The molecule has 0 bridgehead atoms. The van der Waals surface area contributed by atoms with Gasteiger partial charge in [0, 0.05) is 26.7 Å². The van der Waals surface area contributed by atoms with Gasteiger partial charge in [0.15, 0.2) is 0 Å². The van der Waals surface area contributed by atoms with Crippen LogP contribution in [-0.2, 0) is 17.9 Å². The maximum Gasteiger partial charge on any atom is 0.227 e. The van der Waals surface area contributed by atoms with Crippen molar-refractivity contribution in [2.75, 3.05) is 27.2 Å². The molecule has 1 atom stereocenters. The molecule has 30 heavy (non-hydrogen) atoms. The second-order valence-corrected chi connectivity index (χ2v) is 8.25. The fourth-order valence-corrected chi connectivity index (χ4v) is 4.47. The van der Waals surface area contributed by atoms with E-state index in [4.69, 9.17) is 4.74 Å². The molecule has 1 aliphatic heterocycles. The number of fused-ring (bicyclic) bond motifs is 1. The number of methoxy groups -OCH3 is 1. The first-order chi connectivity index (χ1) is 14.6. The van der Waals surface area contributed by atoms with Gasteiger partial charge in [-0.25, -0.2) is 0 Å². The number of rotatable bonds is 6. The van der Waals surface area contributed by atoms with Gasteiger partial charge in [-0.05, 0) is 53.4 Å². The third-order valence-electron chi connectivity index (χ3n) is 6.08. The van der Waals surface area contributed by atoms with Gasteiger partial charge in [-0.1, -0.05) is 54.6 Å². The lowest BCUT2D eigenvalue weighted by molar-refractivity contribution is -0.136. The van der Waals surface area contributed by atoms with E-state index in [2.05, 4.69) is 47.4 Å². The van der Waals surface area contributed by atoms with Crippen molar-refractivity contribution in [2.45, 2.75) is 25.9 Å². The Labute approximate surface area is 179 Å². The Balaban J connectivity index is 1.39. The van der Waals surface area contributed by atoms with Crippen molar-refractivity contribution in [3.8, 4) is 5.75 Å². The highest BCUT2D eigenvalue weighted by Crippen LogP contribution is 2.24. The maximum absolute atomic E-state index is 13.1. The first kappa shape index (κ1) is 20.4. The molecule has 0 aromatic heterocycles. The summed E-state index contributed by atoms with van der Waals surface area (Å²) in [6.07, 6.45) is 2.04. The first-order valence-electron chi connectivity index (χ1n) is 10.7. The smallest absolute Gasteiger partial charge is 0.227 e. The number of amides is 1. The summed E-state index contributed by atoms with van der Waals surface area (Å²) in [7, 11) is 3.58. The summed E-state index contributed by atoms with van der Waals surface area (Å²) in [6, 6.07) is 23.0. The minimum Gasteiger partial charge on any atom is -0.497 e. The Hall–Kier alpha value is -2.85. The van der Waals surface area contributed by atoms with Crippen molar-refractivity contribution in [1.29, 1.82) is 0 Å². The molecule has 0 aliphatic carbocycles. The lowest BCUT2D eigenvalue weighted by atomic mass is 9.95. The van der Waals surface area contributed by atoms with Crippen molar-refractivity contribution in [2.24, 2.45) is 5.92 Å². The van der Waals surface area contributed by atoms with Gasteiger partial charge in [0.05, 0.1) is 13.0 Å². The predicted molar refractivity (Wildman–Crippen MR) is 121 cm³/mol. The number of hydrogen-bond acceptors (Lipinski definition) is 3. The van der Waals surface area contributed by atoms with Crippen LogP contribution in [0.3, 0.4) is 0 Å². The molecule has 3 aromatic carbocycles. The van der Waals surface area contributed by atoms with E-state index in [0.29, 0.717) is 6.54 Å². The van der Waals surface area contributed by atoms with Gasteiger partial charge in [-0.2, -0.15) is 0 Å². The van der Waals surface area contributed by atoms with Crippen LogP contribution in [0.4, 0.5) is 0 Å². The summed E-state index contributed by atoms with van der Waals surface area (Å²) in [5.74, 6) is 1.15. The highest BCUT2D eigenvalue weighted by atomic mass is 16.5. The van der Waals surface area contributed by atoms with Crippen LogP contribution in [0.25, 0.3) is 10.8 Å². The summed E-state index contributed by atoms with van der Waals surface area (Å²) < 4.78 is 5.22. The van der Waals surface area contributed by atoms with Crippen LogP contribution in [-0.4, -0.2) is 43.0 Å². The molecule has 1 saturated heterocycles. The number of nitrogens with zero attached hydrogens (tertiary/aromatic N) is 2. The van der Waals surface area contributed by atoms with Crippen LogP contribution in [0.1, 0.15) is 24.0 Å². The first-order valence-corrected chi connectivity index (χ1v) is 10.7. The molecule has 3 aromatic rings. The van der Waals surface area contributed by atoms with Crippen LogP contribution in [0.5, 0.6) is 5.75 Å². The van der Waals surface area contributed by atoms with E-state index in [1.165, 1.54) is 16.3 Å². The molecule has 0 radical (unpaired) electrons. The standard InChI is InChI=1S/C26H30N2O2/c1-27(17-20-12-14-24(30-2)15-13-20)26(29)23-10-6-16-28(19-23)18-22-9-5-8-21-7-3-4-11-25(21)22/h3-5,7-9,11-15,23H,6,10,16-19H2,1-2H3. The van der Waals surface area contributed by atoms with Crippen LogP contribution >= 0.6 is 0 Å². The summed E-state index contributed by atoms with van der Waals surface area (Å²) in [4.78, 5) is 17.4. The summed E-state index contributed by atoms with van der Waals surface area (Å²) in [5.41, 5.74) is 2.46. The average Bonchev–Trinajstić information content (AvgIpc) is 2.79. The Morgan fingerprint density at radius 3 is 2.63 bits per heavy atom. The minimum absolute atomic E-state index is 0.0666. The van der Waals surface area contributed by atoms with Crippen LogP contribution in [0, 0.1) is 5.92 Å². The van der Waals surface area contributed by atoms with E-state index >= 15 is 0 Å². The monoisotopic (exact) mass is 402 g/mol. The van der Waals surface area contributed by atoms with Gasteiger partial charge in [-0.3, -0.25) is 9.69 Å². The van der Waals surface area contributed by atoms with E-state index in [1.807, 2.05) is 36.2 Å². The third-order valence-corrected chi connectivity index (χ3v) is 6.08. The SMILES string of the molecule is COc1ccc(CN(C)C(=O)C2CCCN(Cc3cccc4ccccc34)C2)cc1. The van der Waals surface area contributed by atoms with Crippen molar-refractivity contribution in [1.82, 2.24) is 9.80 Å². The molecule has 0 N–H and O–H groups in total. The Morgan fingerprint density at radius 2 is 1.83 bits per heavy atom.